The first-order valence-corrected chi connectivity index (χ1v) is 9.00. The standard InChI is InChI=1S/C15H18Cl2O2S/c16-9-11-7-12(17)1-2-14(11)19-13-3-5-18-15(8-13)4-6-20-10-15/h1-2,7,13H,3-6,8-10H2. The molecule has 0 aliphatic carbocycles. The first-order chi connectivity index (χ1) is 9.71. The molecule has 0 N–H and O–H groups in total. The number of rotatable bonds is 3. The van der Waals surface area contributed by atoms with E-state index in [9.17, 15) is 0 Å². The minimum atomic E-state index is 0.0428. The van der Waals surface area contributed by atoms with Crippen LogP contribution in [0.25, 0.3) is 0 Å². The molecule has 1 aromatic carbocycles. The summed E-state index contributed by atoms with van der Waals surface area (Å²) in [5.41, 5.74) is 1.00. The summed E-state index contributed by atoms with van der Waals surface area (Å²) in [5.74, 6) is 3.56. The number of hydrogen-bond acceptors (Lipinski definition) is 3. The molecule has 2 nitrogen and oxygen atoms in total. The first-order valence-electron chi connectivity index (χ1n) is 6.93. The molecule has 0 bridgehead atoms. The lowest BCUT2D eigenvalue weighted by Crippen LogP contribution is -2.43. The van der Waals surface area contributed by atoms with E-state index in [2.05, 4.69) is 0 Å². The molecule has 1 aromatic rings. The fourth-order valence-electron chi connectivity index (χ4n) is 2.89. The van der Waals surface area contributed by atoms with E-state index in [1.807, 2.05) is 30.0 Å². The molecule has 2 aliphatic rings. The Kier molecular flexibility index (Phi) is 4.71. The summed E-state index contributed by atoms with van der Waals surface area (Å²) in [6, 6.07) is 5.66. The smallest absolute Gasteiger partial charge is 0.124 e. The Morgan fingerprint density at radius 1 is 1.45 bits per heavy atom. The monoisotopic (exact) mass is 332 g/mol. The van der Waals surface area contributed by atoms with Crippen molar-refractivity contribution in [2.75, 3.05) is 18.1 Å². The van der Waals surface area contributed by atoms with Crippen LogP contribution in [0.3, 0.4) is 0 Å². The van der Waals surface area contributed by atoms with Gasteiger partial charge in [-0.15, -0.1) is 11.6 Å². The zero-order valence-electron chi connectivity index (χ0n) is 11.2. The molecule has 0 radical (unpaired) electrons. The maximum absolute atomic E-state index is 6.19. The SMILES string of the molecule is ClCc1cc(Cl)ccc1OC1CCOC2(CCSC2)C1. The van der Waals surface area contributed by atoms with Gasteiger partial charge in [0.05, 0.1) is 18.1 Å². The summed E-state index contributed by atoms with van der Waals surface area (Å²) >= 11 is 14.0. The number of ether oxygens (including phenoxy) is 2. The molecule has 2 heterocycles. The minimum Gasteiger partial charge on any atom is -0.490 e. The number of hydrogen-bond donors (Lipinski definition) is 0. The lowest BCUT2D eigenvalue weighted by molar-refractivity contribution is -0.0960. The number of alkyl halides is 1. The molecule has 2 fully saturated rings. The van der Waals surface area contributed by atoms with Gasteiger partial charge in [-0.1, -0.05) is 11.6 Å². The maximum atomic E-state index is 6.19. The molecule has 20 heavy (non-hydrogen) atoms. The molecule has 2 aliphatic heterocycles. The maximum Gasteiger partial charge on any atom is 0.124 e. The van der Waals surface area contributed by atoms with Gasteiger partial charge in [0.1, 0.15) is 11.9 Å². The van der Waals surface area contributed by atoms with Crippen molar-refractivity contribution in [1.82, 2.24) is 0 Å². The topological polar surface area (TPSA) is 18.5 Å². The van der Waals surface area contributed by atoms with Crippen LogP contribution in [-0.2, 0) is 10.6 Å². The highest BCUT2D eigenvalue weighted by molar-refractivity contribution is 7.99. The zero-order chi connectivity index (χ0) is 14.0. The van der Waals surface area contributed by atoms with Crippen molar-refractivity contribution in [3.05, 3.63) is 28.8 Å². The molecule has 0 aromatic heterocycles. The van der Waals surface area contributed by atoms with E-state index in [0.717, 1.165) is 42.9 Å². The molecule has 110 valence electrons. The number of halogens is 2. The lowest BCUT2D eigenvalue weighted by Gasteiger charge is -2.37. The van der Waals surface area contributed by atoms with Gasteiger partial charge < -0.3 is 9.47 Å². The van der Waals surface area contributed by atoms with Crippen LogP contribution in [0, 0.1) is 0 Å². The van der Waals surface area contributed by atoms with Crippen molar-refractivity contribution in [1.29, 1.82) is 0 Å². The molecule has 2 saturated heterocycles. The number of benzene rings is 1. The van der Waals surface area contributed by atoms with E-state index >= 15 is 0 Å². The zero-order valence-corrected chi connectivity index (χ0v) is 13.6. The van der Waals surface area contributed by atoms with E-state index in [4.69, 9.17) is 32.7 Å². The summed E-state index contributed by atoms with van der Waals surface area (Å²) in [7, 11) is 0. The average molecular weight is 333 g/mol. The van der Waals surface area contributed by atoms with Gasteiger partial charge in [-0.2, -0.15) is 11.8 Å². The summed E-state index contributed by atoms with van der Waals surface area (Å²) in [4.78, 5) is 0. The van der Waals surface area contributed by atoms with Crippen LogP contribution < -0.4 is 4.74 Å². The highest BCUT2D eigenvalue weighted by Crippen LogP contribution is 2.39. The normalized spacial score (nSPS) is 29.8. The highest BCUT2D eigenvalue weighted by Gasteiger charge is 2.41. The van der Waals surface area contributed by atoms with Crippen LogP contribution in [0.2, 0.25) is 5.02 Å². The summed E-state index contributed by atoms with van der Waals surface area (Å²) in [5, 5.41) is 0.698. The second-order valence-electron chi connectivity index (χ2n) is 5.45. The van der Waals surface area contributed by atoms with E-state index in [1.54, 1.807) is 0 Å². The van der Waals surface area contributed by atoms with Crippen molar-refractivity contribution in [2.24, 2.45) is 0 Å². The van der Waals surface area contributed by atoms with Crippen molar-refractivity contribution in [2.45, 2.75) is 36.8 Å². The van der Waals surface area contributed by atoms with Crippen molar-refractivity contribution < 1.29 is 9.47 Å². The largest absolute Gasteiger partial charge is 0.490 e. The van der Waals surface area contributed by atoms with E-state index in [1.165, 1.54) is 5.75 Å². The van der Waals surface area contributed by atoms with Gasteiger partial charge in [-0.05, 0) is 30.4 Å². The first kappa shape index (κ1) is 14.8. The van der Waals surface area contributed by atoms with Gasteiger partial charge in [0.25, 0.3) is 0 Å². The fraction of sp³-hybridized carbons (Fsp3) is 0.600. The van der Waals surface area contributed by atoms with Crippen LogP contribution >= 0.6 is 35.0 Å². The lowest BCUT2D eigenvalue weighted by atomic mass is 9.91. The summed E-state index contributed by atoms with van der Waals surface area (Å²) < 4.78 is 12.2. The molecular weight excluding hydrogens is 315 g/mol. The minimum absolute atomic E-state index is 0.0428. The van der Waals surface area contributed by atoms with Gasteiger partial charge >= 0.3 is 0 Å². The van der Waals surface area contributed by atoms with Crippen LogP contribution in [-0.4, -0.2) is 29.8 Å². The highest BCUT2D eigenvalue weighted by atomic mass is 35.5. The predicted molar refractivity (Wildman–Crippen MR) is 85.3 cm³/mol. The third-order valence-corrected chi connectivity index (χ3v) is 5.72. The Morgan fingerprint density at radius 3 is 3.10 bits per heavy atom. The third kappa shape index (κ3) is 3.22. The third-order valence-electron chi connectivity index (χ3n) is 3.98. The van der Waals surface area contributed by atoms with E-state index < -0.39 is 0 Å². The quantitative estimate of drug-likeness (QED) is 0.758. The Labute approximate surface area is 134 Å². The van der Waals surface area contributed by atoms with Crippen LogP contribution in [0.4, 0.5) is 0 Å². The van der Waals surface area contributed by atoms with Crippen molar-refractivity contribution in [3.8, 4) is 5.75 Å². The Hall–Kier alpha value is -0.0900. The summed E-state index contributed by atoms with van der Waals surface area (Å²) in [6.45, 7) is 0.787. The van der Waals surface area contributed by atoms with Gasteiger partial charge in [0.15, 0.2) is 0 Å². The van der Waals surface area contributed by atoms with Crippen LogP contribution in [0.15, 0.2) is 18.2 Å². The molecular formula is C15H18Cl2O2S. The van der Waals surface area contributed by atoms with Gasteiger partial charge in [0, 0.05) is 29.2 Å². The van der Waals surface area contributed by atoms with E-state index in [-0.39, 0.29) is 11.7 Å². The second kappa shape index (κ2) is 6.35. The van der Waals surface area contributed by atoms with E-state index in [0.29, 0.717) is 10.9 Å². The van der Waals surface area contributed by atoms with Gasteiger partial charge in [-0.25, -0.2) is 0 Å². The van der Waals surface area contributed by atoms with Gasteiger partial charge in [0.2, 0.25) is 0 Å². The molecule has 2 atom stereocenters. The summed E-state index contributed by atoms with van der Waals surface area (Å²) in [6.07, 6.45) is 3.27. The fourth-order valence-corrected chi connectivity index (χ4v) is 4.68. The second-order valence-corrected chi connectivity index (χ2v) is 7.26. The molecule has 0 saturated carbocycles. The molecule has 5 heteroatoms. The van der Waals surface area contributed by atoms with Crippen LogP contribution in [0.5, 0.6) is 5.75 Å². The number of thioether (sulfide) groups is 1. The van der Waals surface area contributed by atoms with Crippen molar-refractivity contribution >= 4 is 35.0 Å². The molecule has 1 spiro atoms. The molecule has 3 rings (SSSR count). The predicted octanol–water partition coefficient (Wildman–Crippen LogP) is 4.51. The average Bonchev–Trinajstić information content (AvgIpc) is 2.89. The molecule has 0 amide bonds. The van der Waals surface area contributed by atoms with Crippen LogP contribution in [0.1, 0.15) is 24.8 Å². The van der Waals surface area contributed by atoms with Crippen molar-refractivity contribution in [3.63, 3.8) is 0 Å². The van der Waals surface area contributed by atoms with Gasteiger partial charge in [-0.3, -0.25) is 0 Å². The Balaban J connectivity index is 1.71. The molecule has 2 unspecified atom stereocenters. The Bertz CT molecular complexity index is 475. The Morgan fingerprint density at radius 2 is 2.35 bits per heavy atom.